The summed E-state index contributed by atoms with van der Waals surface area (Å²) in [5.41, 5.74) is 3.36. The monoisotopic (exact) mass is 338 g/mol. The van der Waals surface area contributed by atoms with Crippen LogP contribution in [0.3, 0.4) is 0 Å². The number of amides is 2. The molecule has 0 heterocycles. The van der Waals surface area contributed by atoms with Crippen LogP contribution in [0.1, 0.15) is 41.3 Å². The largest absolute Gasteiger partial charge is 0.355 e. The maximum atomic E-state index is 12.3. The second kappa shape index (κ2) is 9.02. The first-order chi connectivity index (χ1) is 12.0. The lowest BCUT2D eigenvalue weighted by molar-refractivity contribution is -0.117. The third-order valence-electron chi connectivity index (χ3n) is 4.38. The van der Waals surface area contributed by atoms with Crippen molar-refractivity contribution in [2.45, 2.75) is 33.1 Å². The molecular weight excluding hydrogens is 312 g/mol. The van der Waals surface area contributed by atoms with Crippen LogP contribution in [-0.2, 0) is 11.2 Å². The number of benzene rings is 2. The van der Waals surface area contributed by atoms with E-state index in [-0.39, 0.29) is 11.8 Å². The Morgan fingerprint density at radius 1 is 1.04 bits per heavy atom. The van der Waals surface area contributed by atoms with Gasteiger partial charge in [0.25, 0.3) is 5.91 Å². The topological polar surface area (TPSA) is 58.2 Å². The van der Waals surface area contributed by atoms with Gasteiger partial charge in [-0.3, -0.25) is 9.59 Å². The van der Waals surface area contributed by atoms with Crippen molar-refractivity contribution in [2.75, 3.05) is 12.4 Å². The summed E-state index contributed by atoms with van der Waals surface area (Å²) < 4.78 is 0. The fourth-order valence-electron chi connectivity index (χ4n) is 2.83. The highest BCUT2D eigenvalue weighted by atomic mass is 16.2. The minimum absolute atomic E-state index is 0.0160. The van der Waals surface area contributed by atoms with E-state index in [1.807, 2.05) is 31.2 Å². The van der Waals surface area contributed by atoms with Crippen LogP contribution in [0.4, 0.5) is 5.69 Å². The molecular formula is C21H26N2O2. The van der Waals surface area contributed by atoms with Gasteiger partial charge in [-0.1, -0.05) is 43.3 Å². The van der Waals surface area contributed by atoms with E-state index in [0.29, 0.717) is 23.6 Å². The number of rotatable bonds is 7. The average molecular weight is 338 g/mol. The summed E-state index contributed by atoms with van der Waals surface area (Å²) >= 11 is 0. The number of hydrogen-bond donors (Lipinski definition) is 2. The Morgan fingerprint density at radius 2 is 1.76 bits per heavy atom. The summed E-state index contributed by atoms with van der Waals surface area (Å²) in [7, 11) is 1.60. The van der Waals surface area contributed by atoms with Crippen molar-refractivity contribution in [1.29, 1.82) is 0 Å². The van der Waals surface area contributed by atoms with E-state index >= 15 is 0 Å². The smallest absolute Gasteiger partial charge is 0.251 e. The van der Waals surface area contributed by atoms with E-state index in [2.05, 4.69) is 29.7 Å². The van der Waals surface area contributed by atoms with Crippen LogP contribution >= 0.6 is 0 Å². The normalized spacial score (nSPS) is 11.6. The van der Waals surface area contributed by atoms with Crippen LogP contribution in [-0.4, -0.2) is 18.9 Å². The van der Waals surface area contributed by atoms with Crippen molar-refractivity contribution in [3.05, 3.63) is 65.2 Å². The lowest BCUT2D eigenvalue weighted by Gasteiger charge is -2.14. The molecule has 1 atom stereocenters. The molecule has 0 aliphatic carbocycles. The molecule has 0 saturated carbocycles. The van der Waals surface area contributed by atoms with E-state index in [1.54, 1.807) is 19.2 Å². The summed E-state index contributed by atoms with van der Waals surface area (Å²) in [4.78, 5) is 24.2. The summed E-state index contributed by atoms with van der Waals surface area (Å²) in [5.74, 6) is 0.130. The molecule has 4 heteroatoms. The molecule has 0 aliphatic heterocycles. The molecule has 2 rings (SSSR count). The molecule has 2 amide bonds. The molecule has 0 spiro atoms. The molecule has 0 saturated heterocycles. The van der Waals surface area contributed by atoms with Gasteiger partial charge in [0.05, 0.1) is 0 Å². The molecule has 0 aliphatic rings. The van der Waals surface area contributed by atoms with Gasteiger partial charge in [-0.2, -0.15) is 0 Å². The summed E-state index contributed by atoms with van der Waals surface area (Å²) in [6, 6.07) is 15.7. The molecule has 2 aromatic rings. The van der Waals surface area contributed by atoms with Gasteiger partial charge >= 0.3 is 0 Å². The van der Waals surface area contributed by atoms with E-state index < -0.39 is 0 Å². The van der Waals surface area contributed by atoms with Crippen molar-refractivity contribution < 1.29 is 9.59 Å². The van der Waals surface area contributed by atoms with Crippen molar-refractivity contribution in [3.63, 3.8) is 0 Å². The van der Waals surface area contributed by atoms with Gasteiger partial charge in [0, 0.05) is 24.7 Å². The Morgan fingerprint density at radius 3 is 2.44 bits per heavy atom. The molecule has 0 bridgehead atoms. The number of anilines is 1. The Kier molecular flexibility index (Phi) is 6.75. The zero-order valence-electron chi connectivity index (χ0n) is 15.1. The maximum Gasteiger partial charge on any atom is 0.251 e. The number of hydrogen-bond acceptors (Lipinski definition) is 2. The quantitative estimate of drug-likeness (QED) is 0.803. The third-order valence-corrected chi connectivity index (χ3v) is 4.38. The number of aryl methyl sites for hydroxylation is 1. The van der Waals surface area contributed by atoms with E-state index in [1.165, 1.54) is 5.56 Å². The third kappa shape index (κ3) is 5.45. The van der Waals surface area contributed by atoms with Crippen LogP contribution in [0.15, 0.2) is 48.5 Å². The first-order valence-corrected chi connectivity index (χ1v) is 8.66. The van der Waals surface area contributed by atoms with Crippen LogP contribution in [0.2, 0.25) is 0 Å². The fourth-order valence-corrected chi connectivity index (χ4v) is 2.83. The zero-order valence-corrected chi connectivity index (χ0v) is 15.1. The van der Waals surface area contributed by atoms with Crippen molar-refractivity contribution in [3.8, 4) is 0 Å². The van der Waals surface area contributed by atoms with Gasteiger partial charge in [-0.25, -0.2) is 0 Å². The number of carbonyl (C=O) groups excluding carboxylic acids is 2. The summed E-state index contributed by atoms with van der Waals surface area (Å²) in [6.07, 6.45) is 2.41. The maximum absolute atomic E-state index is 12.3. The molecule has 132 valence electrons. The molecule has 25 heavy (non-hydrogen) atoms. The van der Waals surface area contributed by atoms with Crippen LogP contribution < -0.4 is 10.6 Å². The SMILES string of the molecule is CNC(=O)c1cccc(NC(=O)CC(C)CCc2ccccc2)c1C. The molecule has 4 nitrogen and oxygen atoms in total. The van der Waals surface area contributed by atoms with Crippen molar-refractivity contribution in [2.24, 2.45) is 5.92 Å². The lowest BCUT2D eigenvalue weighted by atomic mass is 9.98. The Labute approximate surface area is 149 Å². The fraction of sp³-hybridized carbons (Fsp3) is 0.333. The van der Waals surface area contributed by atoms with Gasteiger partial charge in [0.15, 0.2) is 0 Å². The van der Waals surface area contributed by atoms with Crippen LogP contribution in [0.5, 0.6) is 0 Å². The molecule has 0 aromatic heterocycles. The second-order valence-corrected chi connectivity index (χ2v) is 6.44. The lowest BCUT2D eigenvalue weighted by Crippen LogP contribution is -2.21. The predicted octanol–water partition coefficient (Wildman–Crippen LogP) is 3.95. The minimum atomic E-state index is -0.148. The number of nitrogens with one attached hydrogen (secondary N) is 2. The highest BCUT2D eigenvalue weighted by molar-refractivity contribution is 5.99. The van der Waals surface area contributed by atoms with Gasteiger partial charge in [0.1, 0.15) is 0 Å². The van der Waals surface area contributed by atoms with Crippen molar-refractivity contribution in [1.82, 2.24) is 5.32 Å². The summed E-state index contributed by atoms with van der Waals surface area (Å²) in [5, 5.41) is 5.56. The predicted molar refractivity (Wildman–Crippen MR) is 102 cm³/mol. The standard InChI is InChI=1S/C21H26N2O2/c1-15(12-13-17-8-5-4-6-9-17)14-20(24)23-19-11-7-10-18(16(19)2)21(25)22-3/h4-11,15H,12-14H2,1-3H3,(H,22,25)(H,23,24). The Balaban J connectivity index is 1.90. The average Bonchev–Trinajstić information content (AvgIpc) is 2.62. The summed E-state index contributed by atoms with van der Waals surface area (Å²) in [6.45, 7) is 3.94. The van der Waals surface area contributed by atoms with Gasteiger partial charge in [-0.05, 0) is 48.9 Å². The second-order valence-electron chi connectivity index (χ2n) is 6.44. The van der Waals surface area contributed by atoms with Crippen LogP contribution in [0, 0.1) is 12.8 Å². The molecule has 0 radical (unpaired) electrons. The van der Waals surface area contributed by atoms with Crippen LogP contribution in [0.25, 0.3) is 0 Å². The highest BCUT2D eigenvalue weighted by Crippen LogP contribution is 2.20. The molecule has 2 aromatic carbocycles. The van der Waals surface area contributed by atoms with Crippen molar-refractivity contribution >= 4 is 17.5 Å². The highest BCUT2D eigenvalue weighted by Gasteiger charge is 2.14. The van der Waals surface area contributed by atoms with Gasteiger partial charge in [0.2, 0.25) is 5.91 Å². The van der Waals surface area contributed by atoms with E-state index in [9.17, 15) is 9.59 Å². The minimum Gasteiger partial charge on any atom is -0.355 e. The molecule has 0 fully saturated rings. The Hall–Kier alpha value is -2.62. The first-order valence-electron chi connectivity index (χ1n) is 8.66. The zero-order chi connectivity index (χ0) is 18.2. The van der Waals surface area contributed by atoms with Gasteiger partial charge in [-0.15, -0.1) is 0 Å². The van der Waals surface area contributed by atoms with E-state index in [0.717, 1.165) is 18.4 Å². The van der Waals surface area contributed by atoms with E-state index in [4.69, 9.17) is 0 Å². The number of carbonyl (C=O) groups is 2. The molecule has 2 N–H and O–H groups in total. The van der Waals surface area contributed by atoms with Gasteiger partial charge < -0.3 is 10.6 Å². The first kappa shape index (κ1) is 18.7. The Bertz CT molecular complexity index is 726. The molecule has 1 unspecified atom stereocenters.